The third-order valence-corrected chi connectivity index (χ3v) is 3.79. The SMILES string of the molecule is O=C(Cc1csc(-c2ccccn2)n1)N1CCOC1. The average molecular weight is 275 g/mol. The molecule has 0 atom stereocenters. The van der Waals surface area contributed by atoms with Crippen molar-refractivity contribution in [2.24, 2.45) is 0 Å². The van der Waals surface area contributed by atoms with Crippen LogP contribution in [0.2, 0.25) is 0 Å². The van der Waals surface area contributed by atoms with Gasteiger partial charge in [0.1, 0.15) is 11.7 Å². The van der Waals surface area contributed by atoms with Crippen LogP contribution in [0.25, 0.3) is 10.7 Å². The topological polar surface area (TPSA) is 55.3 Å². The van der Waals surface area contributed by atoms with E-state index in [9.17, 15) is 4.79 Å². The number of nitrogens with zero attached hydrogens (tertiary/aromatic N) is 3. The van der Waals surface area contributed by atoms with Gasteiger partial charge in [-0.3, -0.25) is 9.78 Å². The molecule has 1 aliphatic heterocycles. The van der Waals surface area contributed by atoms with Gasteiger partial charge in [-0.05, 0) is 12.1 Å². The number of pyridine rings is 1. The summed E-state index contributed by atoms with van der Waals surface area (Å²) in [7, 11) is 0. The molecule has 19 heavy (non-hydrogen) atoms. The van der Waals surface area contributed by atoms with Crippen molar-refractivity contribution in [2.75, 3.05) is 19.9 Å². The van der Waals surface area contributed by atoms with Crippen molar-refractivity contribution in [3.8, 4) is 10.7 Å². The third-order valence-electron chi connectivity index (χ3n) is 2.87. The Balaban J connectivity index is 1.70. The second kappa shape index (κ2) is 5.46. The Bertz CT molecular complexity index is 564. The molecule has 3 heterocycles. The van der Waals surface area contributed by atoms with E-state index in [1.807, 2.05) is 23.6 Å². The van der Waals surface area contributed by atoms with Gasteiger partial charge in [0.05, 0.1) is 24.4 Å². The lowest BCUT2D eigenvalue weighted by molar-refractivity contribution is -0.130. The van der Waals surface area contributed by atoms with Gasteiger partial charge in [0.25, 0.3) is 0 Å². The zero-order chi connectivity index (χ0) is 13.1. The number of amides is 1. The number of ether oxygens (including phenoxy) is 1. The molecule has 5 nitrogen and oxygen atoms in total. The van der Waals surface area contributed by atoms with Gasteiger partial charge < -0.3 is 9.64 Å². The first kappa shape index (κ1) is 12.3. The number of carbonyl (C=O) groups excluding carboxylic acids is 1. The summed E-state index contributed by atoms with van der Waals surface area (Å²) in [6.07, 6.45) is 2.07. The summed E-state index contributed by atoms with van der Waals surface area (Å²) in [6, 6.07) is 5.71. The molecule has 0 saturated carbocycles. The maximum absolute atomic E-state index is 12.0. The fourth-order valence-electron chi connectivity index (χ4n) is 1.87. The predicted octanol–water partition coefficient (Wildman–Crippen LogP) is 1.56. The Kier molecular flexibility index (Phi) is 3.52. The van der Waals surface area contributed by atoms with Crippen molar-refractivity contribution in [3.05, 3.63) is 35.5 Å². The van der Waals surface area contributed by atoms with E-state index in [2.05, 4.69) is 9.97 Å². The summed E-state index contributed by atoms with van der Waals surface area (Å²) in [5.41, 5.74) is 1.64. The Hall–Kier alpha value is -1.79. The first-order valence-electron chi connectivity index (χ1n) is 6.04. The van der Waals surface area contributed by atoms with E-state index in [-0.39, 0.29) is 5.91 Å². The summed E-state index contributed by atoms with van der Waals surface area (Å²) >= 11 is 1.51. The summed E-state index contributed by atoms with van der Waals surface area (Å²) in [5.74, 6) is 0.0652. The van der Waals surface area contributed by atoms with Gasteiger partial charge in [-0.15, -0.1) is 11.3 Å². The molecule has 6 heteroatoms. The fraction of sp³-hybridized carbons (Fsp3) is 0.308. The highest BCUT2D eigenvalue weighted by Crippen LogP contribution is 2.21. The van der Waals surface area contributed by atoms with Crippen molar-refractivity contribution in [3.63, 3.8) is 0 Å². The van der Waals surface area contributed by atoms with Crippen LogP contribution >= 0.6 is 11.3 Å². The zero-order valence-corrected chi connectivity index (χ0v) is 11.1. The van der Waals surface area contributed by atoms with Crippen molar-refractivity contribution in [2.45, 2.75) is 6.42 Å². The Labute approximate surface area is 114 Å². The van der Waals surface area contributed by atoms with Gasteiger partial charge in [-0.1, -0.05) is 6.07 Å². The van der Waals surface area contributed by atoms with Crippen LogP contribution in [0.3, 0.4) is 0 Å². The van der Waals surface area contributed by atoms with Crippen molar-refractivity contribution in [1.29, 1.82) is 0 Å². The fourth-order valence-corrected chi connectivity index (χ4v) is 2.67. The zero-order valence-electron chi connectivity index (χ0n) is 10.3. The highest BCUT2D eigenvalue weighted by atomic mass is 32.1. The minimum Gasteiger partial charge on any atom is -0.359 e. The van der Waals surface area contributed by atoms with E-state index in [4.69, 9.17) is 4.74 Å². The van der Waals surface area contributed by atoms with Gasteiger partial charge in [-0.2, -0.15) is 0 Å². The van der Waals surface area contributed by atoms with E-state index in [0.717, 1.165) is 16.4 Å². The van der Waals surface area contributed by atoms with Gasteiger partial charge in [-0.25, -0.2) is 4.98 Å². The highest BCUT2D eigenvalue weighted by molar-refractivity contribution is 7.13. The quantitative estimate of drug-likeness (QED) is 0.853. The Morgan fingerprint density at radius 3 is 3.16 bits per heavy atom. The molecule has 1 saturated heterocycles. The summed E-state index contributed by atoms with van der Waals surface area (Å²) in [4.78, 5) is 22.4. The van der Waals surface area contributed by atoms with E-state index < -0.39 is 0 Å². The lowest BCUT2D eigenvalue weighted by atomic mass is 10.3. The van der Waals surface area contributed by atoms with Gasteiger partial charge in [0.2, 0.25) is 5.91 Å². The normalized spacial score (nSPS) is 14.8. The number of hydrogen-bond donors (Lipinski definition) is 0. The molecule has 2 aromatic rings. The molecular formula is C13H13N3O2S. The van der Waals surface area contributed by atoms with E-state index in [0.29, 0.717) is 26.3 Å². The first-order valence-corrected chi connectivity index (χ1v) is 6.92. The first-order chi connectivity index (χ1) is 9.33. The molecule has 1 fully saturated rings. The molecule has 0 radical (unpaired) electrons. The smallest absolute Gasteiger partial charge is 0.230 e. The summed E-state index contributed by atoms with van der Waals surface area (Å²) < 4.78 is 5.17. The molecule has 1 aliphatic rings. The molecule has 0 spiro atoms. The molecule has 0 bridgehead atoms. The molecule has 0 aromatic carbocycles. The van der Waals surface area contributed by atoms with Crippen LogP contribution in [0.1, 0.15) is 5.69 Å². The van der Waals surface area contributed by atoms with Gasteiger partial charge in [0.15, 0.2) is 0 Å². The number of aromatic nitrogens is 2. The molecule has 3 rings (SSSR count). The van der Waals surface area contributed by atoms with Crippen LogP contribution in [0, 0.1) is 0 Å². The summed E-state index contributed by atoms with van der Waals surface area (Å²) in [5, 5.41) is 2.76. The standard InChI is InChI=1S/C13H13N3O2S/c17-12(16-5-6-18-9-16)7-10-8-19-13(15-10)11-3-1-2-4-14-11/h1-4,8H,5-7,9H2. The lowest BCUT2D eigenvalue weighted by Gasteiger charge is -2.11. The molecule has 0 N–H and O–H groups in total. The maximum Gasteiger partial charge on any atom is 0.230 e. The lowest BCUT2D eigenvalue weighted by Crippen LogP contribution is -2.29. The molecule has 98 valence electrons. The number of carbonyl (C=O) groups is 1. The van der Waals surface area contributed by atoms with Crippen molar-refractivity contribution >= 4 is 17.2 Å². The van der Waals surface area contributed by atoms with E-state index in [1.54, 1.807) is 11.1 Å². The predicted molar refractivity (Wildman–Crippen MR) is 71.6 cm³/mol. The van der Waals surface area contributed by atoms with E-state index >= 15 is 0 Å². The minimum atomic E-state index is 0.0652. The van der Waals surface area contributed by atoms with Gasteiger partial charge >= 0.3 is 0 Å². The molecule has 0 unspecified atom stereocenters. The van der Waals surface area contributed by atoms with E-state index in [1.165, 1.54) is 11.3 Å². The van der Waals surface area contributed by atoms with Crippen LogP contribution < -0.4 is 0 Å². The largest absolute Gasteiger partial charge is 0.359 e. The van der Waals surface area contributed by atoms with Crippen LogP contribution in [-0.2, 0) is 16.0 Å². The number of hydrogen-bond acceptors (Lipinski definition) is 5. The molecule has 1 amide bonds. The van der Waals surface area contributed by atoms with Crippen molar-refractivity contribution in [1.82, 2.24) is 14.9 Å². The molecule has 0 aliphatic carbocycles. The average Bonchev–Trinajstić information content (AvgIpc) is 3.11. The van der Waals surface area contributed by atoms with Crippen molar-refractivity contribution < 1.29 is 9.53 Å². The minimum absolute atomic E-state index is 0.0652. The van der Waals surface area contributed by atoms with Gasteiger partial charge in [0, 0.05) is 18.1 Å². The molecular weight excluding hydrogens is 262 g/mol. The Morgan fingerprint density at radius 1 is 1.47 bits per heavy atom. The van der Waals surface area contributed by atoms with Crippen LogP contribution in [-0.4, -0.2) is 40.7 Å². The summed E-state index contributed by atoms with van der Waals surface area (Å²) in [6.45, 7) is 1.70. The monoisotopic (exact) mass is 275 g/mol. The number of thiazole rings is 1. The van der Waals surface area contributed by atoms with Crippen LogP contribution in [0.15, 0.2) is 29.8 Å². The number of rotatable bonds is 3. The van der Waals surface area contributed by atoms with Crippen LogP contribution in [0.4, 0.5) is 0 Å². The maximum atomic E-state index is 12.0. The third kappa shape index (κ3) is 2.80. The van der Waals surface area contributed by atoms with Crippen LogP contribution in [0.5, 0.6) is 0 Å². The second-order valence-electron chi connectivity index (χ2n) is 4.23. The Morgan fingerprint density at radius 2 is 2.42 bits per heavy atom. The highest BCUT2D eigenvalue weighted by Gasteiger charge is 2.19. The molecule has 2 aromatic heterocycles. The second-order valence-corrected chi connectivity index (χ2v) is 5.09.